The van der Waals surface area contributed by atoms with Crippen LogP contribution in [0.4, 0.5) is 0 Å². The van der Waals surface area contributed by atoms with Gasteiger partial charge in [-0.05, 0) is 154 Å². The Morgan fingerprint density at radius 2 is 0.442 bits per heavy atom. The highest BCUT2D eigenvalue weighted by molar-refractivity contribution is 5.85. The van der Waals surface area contributed by atoms with E-state index in [1.54, 1.807) is 0 Å². The molecule has 0 atom stereocenters. The second-order valence-corrected chi connectivity index (χ2v) is 22.7. The number of halogens is 1. The first-order chi connectivity index (χ1) is 37.6. The van der Waals surface area contributed by atoms with E-state index in [1.807, 2.05) is 0 Å². The number of ketones is 1. The Morgan fingerprint density at radius 1 is 0.260 bits per heavy atom. The number of carbonyl (C=O) groups is 1. The van der Waals surface area contributed by atoms with E-state index in [4.69, 9.17) is 5.73 Å². The Balaban J connectivity index is -0.00000140. The summed E-state index contributed by atoms with van der Waals surface area (Å²) in [5, 5.41) is 0. The molecule has 77 heavy (non-hydrogen) atoms. The summed E-state index contributed by atoms with van der Waals surface area (Å²) in [6.07, 6.45) is 104. The molecule has 0 spiro atoms. The Hall–Kier alpha value is -2.16. The molecule has 0 aromatic rings. The van der Waals surface area contributed by atoms with Crippen LogP contribution >= 0.6 is 12.4 Å². The Morgan fingerprint density at radius 3 is 0.662 bits per heavy atom. The first kappa shape index (κ1) is 79.1. The number of rotatable bonds is 60. The highest BCUT2D eigenvalue weighted by Gasteiger charge is 2.04. The molecule has 2 N–H and O–H groups in total. The van der Waals surface area contributed by atoms with E-state index in [2.05, 4.69) is 125 Å². The van der Waals surface area contributed by atoms with Gasteiger partial charge in [0.2, 0.25) is 0 Å². The SMILES string of the molecule is CCCCC/C=C\C/C=C\CCCCCCCCC(=O)CCCCCCCC/C=C\C/C=C\CCCCC.CCCCC/C=C\C/C=C\CCCCCCCCC(N)CCCCCCCC/C=C\C/C=C\CCCCC.Cl. The van der Waals surface area contributed by atoms with Crippen molar-refractivity contribution in [2.24, 2.45) is 5.73 Å². The maximum atomic E-state index is 12.1. The molecule has 0 aromatic carbocycles. The van der Waals surface area contributed by atoms with E-state index < -0.39 is 0 Å². The maximum absolute atomic E-state index is 12.1. The van der Waals surface area contributed by atoms with Crippen LogP contribution in [0.2, 0.25) is 0 Å². The molecule has 2 nitrogen and oxygen atoms in total. The van der Waals surface area contributed by atoms with Gasteiger partial charge < -0.3 is 5.73 Å². The third-order valence-electron chi connectivity index (χ3n) is 14.9. The van der Waals surface area contributed by atoms with Gasteiger partial charge in [0.05, 0.1) is 0 Å². The molecule has 450 valence electrons. The largest absolute Gasteiger partial charge is 0.328 e. The van der Waals surface area contributed by atoms with Gasteiger partial charge >= 0.3 is 0 Å². The minimum atomic E-state index is 0. The summed E-state index contributed by atoms with van der Waals surface area (Å²) in [4.78, 5) is 12.1. The van der Waals surface area contributed by atoms with Gasteiger partial charge in [-0.25, -0.2) is 0 Å². The molecular formula is C74H136ClNO. The molecule has 0 aliphatic carbocycles. The molecule has 0 unspecified atom stereocenters. The van der Waals surface area contributed by atoms with Gasteiger partial charge in [-0.15, -0.1) is 12.4 Å². The Kier molecular flexibility index (Phi) is 77.9. The van der Waals surface area contributed by atoms with E-state index in [0.29, 0.717) is 11.8 Å². The molecule has 0 bridgehead atoms. The van der Waals surface area contributed by atoms with E-state index in [0.717, 1.165) is 51.4 Å². The smallest absolute Gasteiger partial charge is 0.132 e. The topological polar surface area (TPSA) is 43.1 Å². The number of hydrogen-bond donors (Lipinski definition) is 1. The van der Waals surface area contributed by atoms with Crippen LogP contribution in [0, 0.1) is 0 Å². The van der Waals surface area contributed by atoms with Crippen molar-refractivity contribution in [3.63, 3.8) is 0 Å². The van der Waals surface area contributed by atoms with Crippen molar-refractivity contribution in [3.05, 3.63) is 97.2 Å². The molecule has 0 saturated heterocycles. The summed E-state index contributed by atoms with van der Waals surface area (Å²) in [5.74, 6) is 0.499. The lowest BCUT2D eigenvalue weighted by Gasteiger charge is -2.11. The molecular weight excluding hydrogens is 954 g/mol. The van der Waals surface area contributed by atoms with Crippen LogP contribution < -0.4 is 5.73 Å². The Bertz CT molecular complexity index is 1230. The van der Waals surface area contributed by atoms with Crippen molar-refractivity contribution in [1.29, 1.82) is 0 Å². The van der Waals surface area contributed by atoms with Crippen molar-refractivity contribution in [2.75, 3.05) is 0 Å². The summed E-state index contributed by atoms with van der Waals surface area (Å²) in [6.45, 7) is 9.05. The average Bonchev–Trinajstić information content (AvgIpc) is 3.42. The molecule has 0 aliphatic heterocycles. The van der Waals surface area contributed by atoms with E-state index >= 15 is 0 Å². The third kappa shape index (κ3) is 78.1. The number of carbonyl (C=O) groups excluding carboxylic acids is 1. The first-order valence-corrected chi connectivity index (χ1v) is 34.1. The molecule has 0 amide bonds. The van der Waals surface area contributed by atoms with Gasteiger partial charge in [-0.2, -0.15) is 0 Å². The van der Waals surface area contributed by atoms with E-state index in [1.165, 1.54) is 283 Å². The number of allylic oxidation sites excluding steroid dienone is 16. The zero-order chi connectivity index (χ0) is 55.2. The predicted molar refractivity (Wildman–Crippen MR) is 356 cm³/mol. The van der Waals surface area contributed by atoms with Crippen molar-refractivity contribution in [1.82, 2.24) is 0 Å². The average molecular weight is 1090 g/mol. The second kappa shape index (κ2) is 75.9. The summed E-state index contributed by atoms with van der Waals surface area (Å²) >= 11 is 0. The molecule has 0 rings (SSSR count). The van der Waals surface area contributed by atoms with Gasteiger partial charge in [0.25, 0.3) is 0 Å². The van der Waals surface area contributed by atoms with Crippen LogP contribution in [0.5, 0.6) is 0 Å². The van der Waals surface area contributed by atoms with Crippen LogP contribution in [0.25, 0.3) is 0 Å². The van der Waals surface area contributed by atoms with E-state index in [-0.39, 0.29) is 12.4 Å². The zero-order valence-electron chi connectivity index (χ0n) is 52.5. The maximum Gasteiger partial charge on any atom is 0.132 e. The minimum Gasteiger partial charge on any atom is -0.328 e. The van der Waals surface area contributed by atoms with Crippen LogP contribution in [0.3, 0.4) is 0 Å². The molecule has 0 aliphatic rings. The molecule has 0 heterocycles. The number of unbranched alkanes of at least 4 members (excludes halogenated alkanes) is 36. The fraction of sp³-hybridized carbons (Fsp3) is 0.770. The normalized spacial score (nSPS) is 12.2. The van der Waals surface area contributed by atoms with Crippen LogP contribution in [0.15, 0.2) is 97.2 Å². The van der Waals surface area contributed by atoms with Crippen molar-refractivity contribution in [3.8, 4) is 0 Å². The first-order valence-electron chi connectivity index (χ1n) is 34.1. The van der Waals surface area contributed by atoms with Crippen molar-refractivity contribution in [2.45, 2.75) is 368 Å². The second-order valence-electron chi connectivity index (χ2n) is 22.7. The lowest BCUT2D eigenvalue weighted by Crippen LogP contribution is -2.19. The molecule has 0 aromatic heterocycles. The Labute approximate surface area is 491 Å². The van der Waals surface area contributed by atoms with Gasteiger partial charge in [-0.1, -0.05) is 292 Å². The molecule has 0 fully saturated rings. The summed E-state index contributed by atoms with van der Waals surface area (Å²) in [5.41, 5.74) is 6.37. The lowest BCUT2D eigenvalue weighted by molar-refractivity contribution is -0.119. The highest BCUT2D eigenvalue weighted by atomic mass is 35.5. The van der Waals surface area contributed by atoms with Gasteiger partial charge in [-0.3, -0.25) is 4.79 Å². The number of hydrogen-bond acceptors (Lipinski definition) is 2. The summed E-state index contributed by atoms with van der Waals surface area (Å²) in [7, 11) is 0. The fourth-order valence-corrected chi connectivity index (χ4v) is 9.68. The zero-order valence-corrected chi connectivity index (χ0v) is 53.3. The van der Waals surface area contributed by atoms with Gasteiger partial charge in [0.1, 0.15) is 5.78 Å². The van der Waals surface area contributed by atoms with Crippen molar-refractivity contribution < 1.29 is 4.79 Å². The van der Waals surface area contributed by atoms with Crippen LogP contribution in [-0.2, 0) is 4.79 Å². The number of nitrogens with two attached hydrogens (primary N) is 1. The predicted octanol–water partition coefficient (Wildman–Crippen LogP) is 26.1. The van der Waals surface area contributed by atoms with Crippen molar-refractivity contribution >= 4 is 18.2 Å². The summed E-state index contributed by atoms with van der Waals surface area (Å²) < 4.78 is 0. The van der Waals surface area contributed by atoms with Gasteiger partial charge in [0, 0.05) is 18.9 Å². The summed E-state index contributed by atoms with van der Waals surface area (Å²) in [6, 6.07) is 0.437. The van der Waals surface area contributed by atoms with Gasteiger partial charge in [0.15, 0.2) is 0 Å². The quantitative estimate of drug-likeness (QED) is 0.0487. The molecule has 3 heteroatoms. The van der Waals surface area contributed by atoms with E-state index in [9.17, 15) is 4.79 Å². The lowest BCUT2D eigenvalue weighted by atomic mass is 10.0. The van der Waals surface area contributed by atoms with Crippen LogP contribution in [0.1, 0.15) is 362 Å². The number of Topliss-reactive ketones (excluding diaryl/α,β-unsaturated/α-hetero) is 1. The minimum absolute atomic E-state index is 0. The monoisotopic (exact) mass is 1090 g/mol. The fourth-order valence-electron chi connectivity index (χ4n) is 9.68. The highest BCUT2D eigenvalue weighted by Crippen LogP contribution is 2.16. The molecule has 0 saturated carbocycles. The van der Waals surface area contributed by atoms with Crippen LogP contribution in [-0.4, -0.2) is 11.8 Å². The molecule has 0 radical (unpaired) electrons. The third-order valence-corrected chi connectivity index (χ3v) is 14.9. The standard InChI is InChI=1S/C37H69N.C37H66O.ClH/c2*1-3-5-7-9-11-13-15-17-19-21-23-25-27-29-31-33-35-37(38)36-34-32-30-28-26-24-22-20-18-16-14-12-10-8-6-4-2;/h11-14,17-20,37H,3-10,15-16,21-36,38H2,1-2H3;11-14,17-20H,3-10,15-16,21-36H2,1-2H3;1H/b2*13-11-,14-12-,19-17-,20-18-;.